The SMILES string of the molecule is C=C(C)Nc1cc2c(cn1)/C(C)=C\NC(C1CCCC1)=CC(CCCC)=CC=N2. The first-order valence-electron chi connectivity index (χ1n) is 10.9. The maximum Gasteiger partial charge on any atom is 0.132 e. The van der Waals surface area contributed by atoms with Crippen molar-refractivity contribution in [2.24, 2.45) is 10.9 Å². The number of nitrogens with zero attached hydrogens (tertiary/aromatic N) is 2. The summed E-state index contributed by atoms with van der Waals surface area (Å²) >= 11 is 0. The van der Waals surface area contributed by atoms with Crippen LogP contribution >= 0.6 is 0 Å². The van der Waals surface area contributed by atoms with Crippen molar-refractivity contribution in [3.8, 4) is 0 Å². The van der Waals surface area contributed by atoms with Gasteiger partial charge in [0.25, 0.3) is 0 Å². The highest BCUT2D eigenvalue weighted by atomic mass is 15.0. The van der Waals surface area contributed by atoms with E-state index in [1.54, 1.807) is 0 Å². The van der Waals surface area contributed by atoms with Gasteiger partial charge in [0.2, 0.25) is 0 Å². The summed E-state index contributed by atoms with van der Waals surface area (Å²) in [6, 6.07) is 1.99. The number of pyridine rings is 1. The lowest BCUT2D eigenvalue weighted by molar-refractivity contribution is 0.607. The average molecular weight is 391 g/mol. The Morgan fingerprint density at radius 2 is 2.10 bits per heavy atom. The number of allylic oxidation sites excluding steroid dienone is 6. The van der Waals surface area contributed by atoms with E-state index in [-0.39, 0.29) is 0 Å². The molecule has 0 amide bonds. The summed E-state index contributed by atoms with van der Waals surface area (Å²) in [6.07, 6.45) is 19.1. The molecule has 0 atom stereocenters. The van der Waals surface area contributed by atoms with Crippen molar-refractivity contribution in [3.05, 3.63) is 59.7 Å². The van der Waals surface area contributed by atoms with Crippen LogP contribution in [0.3, 0.4) is 0 Å². The Morgan fingerprint density at radius 1 is 1.31 bits per heavy atom. The second kappa shape index (κ2) is 10.2. The summed E-state index contributed by atoms with van der Waals surface area (Å²) in [7, 11) is 0. The highest BCUT2D eigenvalue weighted by molar-refractivity contribution is 5.82. The number of rotatable bonds is 6. The maximum absolute atomic E-state index is 4.78. The molecule has 0 radical (unpaired) electrons. The van der Waals surface area contributed by atoms with Gasteiger partial charge in [-0.15, -0.1) is 0 Å². The average Bonchev–Trinajstić information content (AvgIpc) is 3.21. The van der Waals surface area contributed by atoms with E-state index in [0.717, 1.165) is 34.8 Å². The third kappa shape index (κ3) is 5.93. The minimum atomic E-state index is 0.626. The van der Waals surface area contributed by atoms with Gasteiger partial charge in [0.05, 0.1) is 5.69 Å². The van der Waals surface area contributed by atoms with Gasteiger partial charge in [-0.3, -0.25) is 4.99 Å². The molecule has 29 heavy (non-hydrogen) atoms. The van der Waals surface area contributed by atoms with Crippen LogP contribution in [0.5, 0.6) is 0 Å². The van der Waals surface area contributed by atoms with Gasteiger partial charge in [-0.1, -0.05) is 32.8 Å². The number of nitrogens with one attached hydrogen (secondary N) is 2. The molecule has 0 aromatic carbocycles. The molecular weight excluding hydrogens is 356 g/mol. The summed E-state index contributed by atoms with van der Waals surface area (Å²) in [5.41, 5.74) is 6.63. The Bertz CT molecular complexity index is 852. The van der Waals surface area contributed by atoms with Crippen LogP contribution in [0.2, 0.25) is 0 Å². The van der Waals surface area contributed by atoms with E-state index in [0.29, 0.717) is 5.92 Å². The van der Waals surface area contributed by atoms with Crippen LogP contribution in [-0.4, -0.2) is 11.2 Å². The Balaban J connectivity index is 2.00. The van der Waals surface area contributed by atoms with Crippen LogP contribution < -0.4 is 10.6 Å². The number of fused-ring (bicyclic) bond motifs is 1. The third-order valence-electron chi connectivity index (χ3n) is 5.56. The van der Waals surface area contributed by atoms with Crippen LogP contribution in [-0.2, 0) is 0 Å². The normalized spacial score (nSPS) is 19.2. The summed E-state index contributed by atoms with van der Waals surface area (Å²) in [4.78, 5) is 9.32. The first kappa shape index (κ1) is 21.1. The fourth-order valence-corrected chi connectivity index (χ4v) is 3.92. The second-order valence-corrected chi connectivity index (χ2v) is 8.17. The number of aliphatic imine (C=N–C) groups is 1. The van der Waals surface area contributed by atoms with Crippen LogP contribution in [0.4, 0.5) is 11.5 Å². The fourth-order valence-electron chi connectivity index (χ4n) is 3.92. The van der Waals surface area contributed by atoms with Gasteiger partial charge in [-0.25, -0.2) is 4.98 Å². The van der Waals surface area contributed by atoms with Gasteiger partial charge in [0.1, 0.15) is 5.82 Å². The van der Waals surface area contributed by atoms with Crippen molar-refractivity contribution in [3.63, 3.8) is 0 Å². The molecule has 0 saturated heterocycles. The third-order valence-corrected chi connectivity index (χ3v) is 5.56. The summed E-state index contributed by atoms with van der Waals surface area (Å²) in [6.45, 7) is 10.2. The van der Waals surface area contributed by atoms with Crippen molar-refractivity contribution >= 4 is 23.3 Å². The molecule has 4 nitrogen and oxygen atoms in total. The smallest absolute Gasteiger partial charge is 0.132 e. The first-order chi connectivity index (χ1) is 14.1. The van der Waals surface area contributed by atoms with Crippen LogP contribution in [0.15, 0.2) is 59.2 Å². The molecule has 1 fully saturated rings. The predicted molar refractivity (Wildman–Crippen MR) is 125 cm³/mol. The molecule has 1 saturated carbocycles. The van der Waals surface area contributed by atoms with Gasteiger partial charge < -0.3 is 10.6 Å². The molecule has 3 rings (SSSR count). The minimum absolute atomic E-state index is 0.626. The molecule has 0 unspecified atom stereocenters. The summed E-state index contributed by atoms with van der Waals surface area (Å²) in [5.74, 6) is 1.39. The molecule has 1 aromatic rings. The quantitative estimate of drug-likeness (QED) is 0.556. The topological polar surface area (TPSA) is 49.3 Å². The lowest BCUT2D eigenvalue weighted by atomic mass is 9.99. The largest absolute Gasteiger partial charge is 0.364 e. The molecule has 1 aromatic heterocycles. The zero-order valence-electron chi connectivity index (χ0n) is 18.1. The molecule has 0 spiro atoms. The van der Waals surface area contributed by atoms with Gasteiger partial charge in [0.15, 0.2) is 0 Å². The Kier molecular flexibility index (Phi) is 7.45. The maximum atomic E-state index is 4.78. The van der Waals surface area contributed by atoms with Gasteiger partial charge in [-0.2, -0.15) is 0 Å². The van der Waals surface area contributed by atoms with Crippen molar-refractivity contribution in [2.45, 2.75) is 65.7 Å². The van der Waals surface area contributed by atoms with Crippen molar-refractivity contribution < 1.29 is 0 Å². The second-order valence-electron chi connectivity index (χ2n) is 8.17. The monoisotopic (exact) mass is 390 g/mol. The zero-order chi connectivity index (χ0) is 20.6. The Morgan fingerprint density at radius 3 is 2.83 bits per heavy atom. The molecule has 2 aliphatic rings. The molecule has 0 bridgehead atoms. The number of unbranched alkanes of at least 4 members (excludes halogenated alkanes) is 1. The van der Waals surface area contributed by atoms with E-state index >= 15 is 0 Å². The van der Waals surface area contributed by atoms with E-state index in [2.05, 4.69) is 54.4 Å². The number of hydrogen-bond donors (Lipinski definition) is 2. The van der Waals surface area contributed by atoms with E-state index in [1.165, 1.54) is 49.8 Å². The van der Waals surface area contributed by atoms with E-state index in [4.69, 9.17) is 4.99 Å². The molecule has 4 heteroatoms. The van der Waals surface area contributed by atoms with Crippen LogP contribution in [0.25, 0.3) is 5.57 Å². The molecule has 1 aliphatic heterocycles. The zero-order valence-corrected chi connectivity index (χ0v) is 18.1. The fraction of sp³-hybridized carbons (Fsp3) is 0.440. The lowest BCUT2D eigenvalue weighted by Gasteiger charge is -2.17. The van der Waals surface area contributed by atoms with Gasteiger partial charge >= 0.3 is 0 Å². The highest BCUT2D eigenvalue weighted by Gasteiger charge is 2.19. The summed E-state index contributed by atoms with van der Waals surface area (Å²) < 4.78 is 0. The summed E-state index contributed by atoms with van der Waals surface area (Å²) in [5, 5.41) is 6.83. The molecule has 154 valence electrons. The van der Waals surface area contributed by atoms with Crippen LogP contribution in [0.1, 0.15) is 71.3 Å². The predicted octanol–water partition coefficient (Wildman–Crippen LogP) is 6.88. The highest BCUT2D eigenvalue weighted by Crippen LogP contribution is 2.32. The molecule has 2 heterocycles. The van der Waals surface area contributed by atoms with E-state index in [1.807, 2.05) is 25.4 Å². The van der Waals surface area contributed by atoms with Gasteiger partial charge in [0, 0.05) is 41.6 Å². The van der Waals surface area contributed by atoms with E-state index < -0.39 is 0 Å². The van der Waals surface area contributed by atoms with Crippen molar-refractivity contribution in [1.82, 2.24) is 10.3 Å². The van der Waals surface area contributed by atoms with Crippen molar-refractivity contribution in [2.75, 3.05) is 5.32 Å². The number of anilines is 1. The van der Waals surface area contributed by atoms with E-state index in [9.17, 15) is 0 Å². The molecular formula is C25H34N4. The standard InChI is InChI=1S/C25H34N4/c1-5-6-9-20-12-13-26-24-15-25(29-18(2)3)28-17-22(24)19(4)16-27-23(14-20)21-10-7-8-11-21/h12-17,21,27H,2,5-11H2,1,3-4H3,(H,28,29)/b19-16-,20-12?,23-14?,26-13?. The first-order valence-corrected chi connectivity index (χ1v) is 10.9. The number of aromatic nitrogens is 1. The minimum Gasteiger partial charge on any atom is -0.364 e. The van der Waals surface area contributed by atoms with Gasteiger partial charge in [-0.05, 0) is 68.7 Å². The van der Waals surface area contributed by atoms with Crippen LogP contribution in [0, 0.1) is 5.92 Å². The number of hydrogen-bond acceptors (Lipinski definition) is 4. The molecule has 2 N–H and O–H groups in total. The molecule has 1 aliphatic carbocycles. The lowest BCUT2D eigenvalue weighted by Crippen LogP contribution is -2.14. The van der Waals surface area contributed by atoms with Crippen molar-refractivity contribution in [1.29, 1.82) is 0 Å². The Hall–Kier alpha value is -2.62. The Labute approximate surface area is 175 Å².